The molecule has 0 spiro atoms. The minimum atomic E-state index is 0.302. The molecule has 0 radical (unpaired) electrons. The molecule has 0 aromatic heterocycles. The molecular weight excluding hydrogens is 184 g/mol. The Kier molecular flexibility index (Phi) is 6.46. The van der Waals surface area contributed by atoms with E-state index in [4.69, 9.17) is 0 Å². The number of nitrogens with zero attached hydrogens (tertiary/aromatic N) is 1. The van der Waals surface area contributed by atoms with Gasteiger partial charge in [0.2, 0.25) is 0 Å². The van der Waals surface area contributed by atoms with E-state index in [0.717, 1.165) is 6.54 Å². The van der Waals surface area contributed by atoms with Gasteiger partial charge in [-0.25, -0.2) is 0 Å². The van der Waals surface area contributed by atoms with Gasteiger partial charge in [-0.1, -0.05) is 13.8 Å². The van der Waals surface area contributed by atoms with E-state index in [0.29, 0.717) is 17.6 Å². The zero-order valence-corrected chi connectivity index (χ0v) is 11.7. The molecule has 2 heteroatoms. The van der Waals surface area contributed by atoms with Gasteiger partial charge >= 0.3 is 0 Å². The van der Waals surface area contributed by atoms with Gasteiger partial charge in [0.25, 0.3) is 0 Å². The predicted octanol–water partition coefficient (Wildman–Crippen LogP) is 2.88. The molecule has 0 aliphatic carbocycles. The van der Waals surface area contributed by atoms with Crippen LogP contribution in [0.5, 0.6) is 0 Å². The maximum atomic E-state index is 3.57. The Morgan fingerprint density at radius 1 is 1.20 bits per heavy atom. The normalized spacial score (nSPS) is 16.8. The van der Waals surface area contributed by atoms with Crippen LogP contribution in [0.4, 0.5) is 0 Å². The smallest absolute Gasteiger partial charge is 0.0194 e. The maximum Gasteiger partial charge on any atom is 0.0194 e. The van der Waals surface area contributed by atoms with Crippen molar-refractivity contribution in [3.05, 3.63) is 0 Å². The lowest BCUT2D eigenvalue weighted by Gasteiger charge is -2.39. The van der Waals surface area contributed by atoms with Crippen LogP contribution in [0.25, 0.3) is 0 Å². The summed E-state index contributed by atoms with van der Waals surface area (Å²) in [4.78, 5) is 2.47. The van der Waals surface area contributed by atoms with E-state index in [2.05, 4.69) is 58.8 Å². The van der Waals surface area contributed by atoms with E-state index in [9.17, 15) is 0 Å². The van der Waals surface area contributed by atoms with Crippen molar-refractivity contribution in [2.24, 2.45) is 0 Å². The third kappa shape index (κ3) is 4.98. The highest BCUT2D eigenvalue weighted by atomic mass is 15.2. The Hall–Kier alpha value is -0.0800. The Morgan fingerprint density at radius 2 is 1.73 bits per heavy atom. The molecule has 0 rings (SSSR count). The van der Waals surface area contributed by atoms with Gasteiger partial charge in [-0.05, 0) is 47.6 Å². The highest BCUT2D eigenvalue weighted by Crippen LogP contribution is 2.18. The number of hydrogen-bond donors (Lipinski definition) is 1. The van der Waals surface area contributed by atoms with Gasteiger partial charge in [-0.15, -0.1) is 0 Å². The molecule has 0 bridgehead atoms. The Labute approximate surface area is 96.4 Å². The lowest BCUT2D eigenvalue weighted by atomic mass is 9.98. The van der Waals surface area contributed by atoms with Crippen molar-refractivity contribution in [1.29, 1.82) is 0 Å². The van der Waals surface area contributed by atoms with Gasteiger partial charge in [0.1, 0.15) is 0 Å². The molecule has 0 aliphatic heterocycles. The predicted molar refractivity (Wildman–Crippen MR) is 69.4 cm³/mol. The zero-order chi connectivity index (χ0) is 12.1. The average Bonchev–Trinajstić information content (AvgIpc) is 2.23. The molecule has 2 atom stereocenters. The van der Waals surface area contributed by atoms with E-state index in [1.807, 2.05) is 0 Å². The van der Waals surface area contributed by atoms with Crippen molar-refractivity contribution in [2.75, 3.05) is 13.6 Å². The number of rotatable bonds is 7. The van der Waals surface area contributed by atoms with Gasteiger partial charge < -0.3 is 5.32 Å². The molecule has 0 amide bonds. The first-order valence-electron chi connectivity index (χ1n) is 6.31. The molecule has 0 aromatic carbocycles. The quantitative estimate of drug-likeness (QED) is 0.701. The lowest BCUT2D eigenvalue weighted by Crippen LogP contribution is -2.50. The summed E-state index contributed by atoms with van der Waals surface area (Å²) in [6.45, 7) is 14.7. The molecule has 0 saturated heterocycles. The van der Waals surface area contributed by atoms with Gasteiger partial charge in [-0.2, -0.15) is 0 Å². The largest absolute Gasteiger partial charge is 0.313 e. The average molecular weight is 214 g/mol. The van der Waals surface area contributed by atoms with Crippen molar-refractivity contribution >= 4 is 0 Å². The summed E-state index contributed by atoms with van der Waals surface area (Å²) >= 11 is 0. The maximum absolute atomic E-state index is 3.57. The minimum absolute atomic E-state index is 0.302. The molecule has 2 nitrogen and oxygen atoms in total. The summed E-state index contributed by atoms with van der Waals surface area (Å²) in [6.07, 6.45) is 2.39. The molecule has 0 aliphatic rings. The Morgan fingerprint density at radius 3 is 2.13 bits per heavy atom. The van der Waals surface area contributed by atoms with Gasteiger partial charge in [0.05, 0.1) is 0 Å². The van der Waals surface area contributed by atoms with Crippen LogP contribution in [0.2, 0.25) is 0 Å². The Balaban J connectivity index is 4.04. The molecule has 0 heterocycles. The van der Waals surface area contributed by atoms with E-state index in [-0.39, 0.29) is 0 Å². The fourth-order valence-corrected chi connectivity index (χ4v) is 1.50. The van der Waals surface area contributed by atoms with Crippen molar-refractivity contribution in [3.8, 4) is 0 Å². The molecule has 1 N–H and O–H groups in total. The molecule has 92 valence electrons. The third-order valence-corrected chi connectivity index (χ3v) is 3.86. The van der Waals surface area contributed by atoms with Crippen LogP contribution in [0, 0.1) is 0 Å². The molecule has 0 saturated carbocycles. The number of hydrogen-bond acceptors (Lipinski definition) is 2. The van der Waals surface area contributed by atoms with E-state index in [1.165, 1.54) is 12.8 Å². The van der Waals surface area contributed by atoms with Crippen molar-refractivity contribution in [2.45, 2.75) is 72.0 Å². The fraction of sp³-hybridized carbons (Fsp3) is 1.00. The highest BCUT2D eigenvalue weighted by molar-refractivity contribution is 4.82. The zero-order valence-electron chi connectivity index (χ0n) is 11.7. The second kappa shape index (κ2) is 6.49. The van der Waals surface area contributed by atoms with Crippen LogP contribution in [0.15, 0.2) is 0 Å². The van der Waals surface area contributed by atoms with Crippen molar-refractivity contribution < 1.29 is 0 Å². The first-order valence-corrected chi connectivity index (χ1v) is 6.31. The number of likely N-dealkylation sites (N-methyl/N-ethyl adjacent to an activating group) is 1. The third-order valence-electron chi connectivity index (χ3n) is 3.86. The Bertz CT molecular complexity index is 166. The topological polar surface area (TPSA) is 15.3 Å². The van der Waals surface area contributed by atoms with Crippen molar-refractivity contribution in [3.63, 3.8) is 0 Å². The standard InChI is InChI=1S/C13H30N2/c1-8-11(3)14-10-12(4)15(7)13(5,6)9-2/h11-12,14H,8-10H2,1-7H3. The summed E-state index contributed by atoms with van der Waals surface area (Å²) in [5.74, 6) is 0. The van der Waals surface area contributed by atoms with Crippen LogP contribution >= 0.6 is 0 Å². The van der Waals surface area contributed by atoms with Crippen LogP contribution in [0.3, 0.4) is 0 Å². The number of nitrogens with one attached hydrogen (secondary N) is 1. The summed E-state index contributed by atoms with van der Waals surface area (Å²) < 4.78 is 0. The molecular formula is C13H30N2. The van der Waals surface area contributed by atoms with E-state index in [1.54, 1.807) is 0 Å². The minimum Gasteiger partial charge on any atom is -0.313 e. The highest BCUT2D eigenvalue weighted by Gasteiger charge is 2.25. The molecule has 15 heavy (non-hydrogen) atoms. The molecule has 0 fully saturated rings. The van der Waals surface area contributed by atoms with Gasteiger partial charge in [0, 0.05) is 24.2 Å². The van der Waals surface area contributed by atoms with Gasteiger partial charge in [-0.3, -0.25) is 4.90 Å². The van der Waals surface area contributed by atoms with Crippen LogP contribution in [-0.2, 0) is 0 Å². The lowest BCUT2D eigenvalue weighted by molar-refractivity contribution is 0.103. The first kappa shape index (κ1) is 14.9. The molecule has 2 unspecified atom stereocenters. The van der Waals surface area contributed by atoms with E-state index < -0.39 is 0 Å². The second-order valence-corrected chi connectivity index (χ2v) is 5.34. The SMILES string of the molecule is CCC(C)NCC(C)N(C)C(C)(C)CC. The first-order chi connectivity index (χ1) is 6.85. The monoisotopic (exact) mass is 214 g/mol. The molecule has 0 aromatic rings. The van der Waals surface area contributed by atoms with Crippen LogP contribution in [-0.4, -0.2) is 36.1 Å². The second-order valence-electron chi connectivity index (χ2n) is 5.34. The fourth-order valence-electron chi connectivity index (χ4n) is 1.50. The van der Waals surface area contributed by atoms with Crippen LogP contribution < -0.4 is 5.32 Å². The summed E-state index contributed by atoms with van der Waals surface area (Å²) in [6, 6.07) is 1.22. The van der Waals surface area contributed by atoms with Crippen LogP contribution in [0.1, 0.15) is 54.4 Å². The van der Waals surface area contributed by atoms with Gasteiger partial charge in [0.15, 0.2) is 0 Å². The van der Waals surface area contributed by atoms with E-state index >= 15 is 0 Å². The summed E-state index contributed by atoms with van der Waals surface area (Å²) in [7, 11) is 2.23. The summed E-state index contributed by atoms with van der Waals surface area (Å²) in [5.41, 5.74) is 0.302. The van der Waals surface area contributed by atoms with Crippen molar-refractivity contribution in [1.82, 2.24) is 10.2 Å². The summed E-state index contributed by atoms with van der Waals surface area (Å²) in [5, 5.41) is 3.57.